The summed E-state index contributed by atoms with van der Waals surface area (Å²) in [6, 6.07) is 0. The fourth-order valence-electron chi connectivity index (χ4n) is 2.77. The first kappa shape index (κ1) is 15.6. The number of hydrogen-bond acceptors (Lipinski definition) is 6. The van der Waals surface area contributed by atoms with Gasteiger partial charge in [-0.25, -0.2) is 4.98 Å². The predicted octanol–water partition coefficient (Wildman–Crippen LogP) is 2.00. The van der Waals surface area contributed by atoms with E-state index >= 15 is 0 Å². The van der Waals surface area contributed by atoms with Gasteiger partial charge in [0.2, 0.25) is 11.8 Å². The highest BCUT2D eigenvalue weighted by atomic mass is 16.5. The van der Waals surface area contributed by atoms with E-state index in [1.165, 1.54) is 0 Å². The number of imidazole rings is 1. The summed E-state index contributed by atoms with van der Waals surface area (Å²) in [4.78, 5) is 12.8. The van der Waals surface area contributed by atoms with E-state index in [0.29, 0.717) is 30.3 Å². The summed E-state index contributed by atoms with van der Waals surface area (Å²) in [5.74, 6) is 7.42. The molecule has 3 rings (SSSR count). The summed E-state index contributed by atoms with van der Waals surface area (Å²) in [5, 5.41) is 0. The molecule has 0 amide bonds. The van der Waals surface area contributed by atoms with Crippen molar-refractivity contribution >= 4 is 17.1 Å². The smallest absolute Gasteiger partial charge is 0.247 e. The van der Waals surface area contributed by atoms with Gasteiger partial charge in [0, 0.05) is 12.3 Å². The van der Waals surface area contributed by atoms with E-state index in [-0.39, 0.29) is 24.0 Å². The Balaban J connectivity index is 1.98. The van der Waals surface area contributed by atoms with Gasteiger partial charge in [-0.15, -0.1) is 5.92 Å². The number of nitrogens with zero attached hydrogens (tertiary/aromatic N) is 4. The zero-order chi connectivity index (χ0) is 16.4. The molecule has 3 heterocycles. The molecule has 122 valence electrons. The number of fused-ring (bicyclic) bond motifs is 1. The van der Waals surface area contributed by atoms with Crippen molar-refractivity contribution in [3.63, 3.8) is 0 Å². The van der Waals surface area contributed by atoms with Crippen LogP contribution in [0.4, 0.5) is 5.95 Å². The average molecular weight is 315 g/mol. The lowest BCUT2D eigenvalue weighted by molar-refractivity contribution is 0.0393. The van der Waals surface area contributed by atoms with Crippen molar-refractivity contribution in [3.8, 4) is 17.7 Å². The van der Waals surface area contributed by atoms with Crippen LogP contribution in [0.25, 0.3) is 11.2 Å². The highest BCUT2D eigenvalue weighted by Gasteiger charge is 2.35. The Morgan fingerprint density at radius 3 is 3.00 bits per heavy atom. The first-order valence-corrected chi connectivity index (χ1v) is 7.88. The SMILES string of the molecule is CCC#CC1COC(n2cnc3c(OCC)nc(N)nc32)C1C. The number of aromatic nitrogens is 4. The van der Waals surface area contributed by atoms with Gasteiger partial charge in [-0.2, -0.15) is 9.97 Å². The summed E-state index contributed by atoms with van der Waals surface area (Å²) in [7, 11) is 0. The van der Waals surface area contributed by atoms with Gasteiger partial charge >= 0.3 is 0 Å². The second-order valence-corrected chi connectivity index (χ2v) is 5.51. The largest absolute Gasteiger partial charge is 0.476 e. The van der Waals surface area contributed by atoms with Crippen molar-refractivity contribution in [2.45, 2.75) is 33.4 Å². The Morgan fingerprint density at radius 2 is 2.26 bits per heavy atom. The second kappa shape index (κ2) is 6.42. The third-order valence-corrected chi connectivity index (χ3v) is 3.96. The molecule has 0 saturated carbocycles. The molecule has 2 N–H and O–H groups in total. The van der Waals surface area contributed by atoms with Gasteiger partial charge in [0.1, 0.15) is 6.23 Å². The maximum absolute atomic E-state index is 5.95. The zero-order valence-electron chi connectivity index (χ0n) is 13.6. The maximum Gasteiger partial charge on any atom is 0.247 e. The first-order valence-electron chi connectivity index (χ1n) is 7.88. The fourth-order valence-corrected chi connectivity index (χ4v) is 2.77. The quantitative estimate of drug-likeness (QED) is 0.872. The highest BCUT2D eigenvalue weighted by Crippen LogP contribution is 2.36. The second-order valence-electron chi connectivity index (χ2n) is 5.51. The van der Waals surface area contributed by atoms with Crippen molar-refractivity contribution in [1.82, 2.24) is 19.5 Å². The third-order valence-electron chi connectivity index (χ3n) is 3.96. The lowest BCUT2D eigenvalue weighted by Crippen LogP contribution is -2.16. The van der Waals surface area contributed by atoms with E-state index in [1.54, 1.807) is 6.33 Å². The van der Waals surface area contributed by atoms with Crippen LogP contribution in [0.2, 0.25) is 0 Å². The monoisotopic (exact) mass is 315 g/mol. The highest BCUT2D eigenvalue weighted by molar-refractivity contribution is 5.77. The van der Waals surface area contributed by atoms with Crippen molar-refractivity contribution in [1.29, 1.82) is 0 Å². The minimum atomic E-state index is -0.167. The van der Waals surface area contributed by atoms with Crippen LogP contribution in [0, 0.1) is 23.7 Å². The Kier molecular flexibility index (Phi) is 4.35. The molecule has 3 unspecified atom stereocenters. The van der Waals surface area contributed by atoms with Crippen LogP contribution in [0.1, 0.15) is 33.4 Å². The topological polar surface area (TPSA) is 88.1 Å². The number of hydrogen-bond donors (Lipinski definition) is 1. The lowest BCUT2D eigenvalue weighted by Gasteiger charge is -2.17. The van der Waals surface area contributed by atoms with Gasteiger partial charge in [-0.3, -0.25) is 4.57 Å². The number of ether oxygens (including phenoxy) is 2. The summed E-state index contributed by atoms with van der Waals surface area (Å²) >= 11 is 0. The van der Waals surface area contributed by atoms with Crippen LogP contribution in [-0.4, -0.2) is 32.7 Å². The van der Waals surface area contributed by atoms with Crippen molar-refractivity contribution < 1.29 is 9.47 Å². The van der Waals surface area contributed by atoms with Crippen LogP contribution >= 0.6 is 0 Å². The normalized spacial score (nSPS) is 23.7. The van der Waals surface area contributed by atoms with Crippen LogP contribution in [0.5, 0.6) is 5.88 Å². The minimum absolute atomic E-state index is 0.163. The van der Waals surface area contributed by atoms with Gasteiger partial charge in [0.25, 0.3) is 0 Å². The molecule has 0 radical (unpaired) electrons. The van der Waals surface area contributed by atoms with E-state index in [0.717, 1.165) is 6.42 Å². The number of nitrogen functional groups attached to an aromatic ring is 1. The number of anilines is 1. The summed E-state index contributed by atoms with van der Waals surface area (Å²) in [6.07, 6.45) is 2.39. The number of rotatable bonds is 3. The van der Waals surface area contributed by atoms with Crippen molar-refractivity contribution in [2.75, 3.05) is 18.9 Å². The molecule has 0 aliphatic carbocycles. The zero-order valence-corrected chi connectivity index (χ0v) is 13.6. The van der Waals surface area contributed by atoms with Crippen LogP contribution in [0.3, 0.4) is 0 Å². The summed E-state index contributed by atoms with van der Waals surface area (Å²) in [5.41, 5.74) is 7.03. The lowest BCUT2D eigenvalue weighted by atomic mass is 9.96. The molecule has 0 bridgehead atoms. The molecule has 1 aliphatic rings. The minimum Gasteiger partial charge on any atom is -0.476 e. The van der Waals surface area contributed by atoms with E-state index in [2.05, 4.69) is 33.7 Å². The van der Waals surface area contributed by atoms with E-state index in [4.69, 9.17) is 15.2 Å². The first-order chi connectivity index (χ1) is 11.2. The number of nitrogens with two attached hydrogens (primary N) is 1. The summed E-state index contributed by atoms with van der Waals surface area (Å²) in [6.45, 7) is 7.16. The summed E-state index contributed by atoms with van der Waals surface area (Å²) < 4.78 is 13.3. The van der Waals surface area contributed by atoms with Crippen LogP contribution < -0.4 is 10.5 Å². The van der Waals surface area contributed by atoms with Gasteiger partial charge < -0.3 is 15.2 Å². The molecule has 23 heavy (non-hydrogen) atoms. The molecule has 7 nitrogen and oxygen atoms in total. The molecule has 1 saturated heterocycles. The molecule has 1 fully saturated rings. The van der Waals surface area contributed by atoms with Crippen LogP contribution in [0.15, 0.2) is 6.33 Å². The molecule has 2 aromatic rings. The molecule has 7 heteroatoms. The molecule has 3 atom stereocenters. The van der Waals surface area contributed by atoms with Crippen LogP contribution in [-0.2, 0) is 4.74 Å². The molecule has 1 aliphatic heterocycles. The predicted molar refractivity (Wildman–Crippen MR) is 86.6 cm³/mol. The molecule has 2 aromatic heterocycles. The van der Waals surface area contributed by atoms with Gasteiger partial charge in [0.05, 0.1) is 25.5 Å². The van der Waals surface area contributed by atoms with Crippen molar-refractivity contribution in [2.24, 2.45) is 11.8 Å². The van der Waals surface area contributed by atoms with E-state index < -0.39 is 0 Å². The van der Waals surface area contributed by atoms with Gasteiger partial charge in [-0.05, 0) is 6.92 Å². The Hall–Kier alpha value is -2.33. The Bertz CT molecular complexity index is 761. The molecular weight excluding hydrogens is 294 g/mol. The van der Waals surface area contributed by atoms with Gasteiger partial charge in [0.15, 0.2) is 11.2 Å². The Morgan fingerprint density at radius 1 is 1.43 bits per heavy atom. The molecular formula is C16H21N5O2. The fraction of sp³-hybridized carbons (Fsp3) is 0.562. The molecule has 0 spiro atoms. The van der Waals surface area contributed by atoms with E-state index in [1.807, 2.05) is 18.4 Å². The molecule has 0 aromatic carbocycles. The maximum atomic E-state index is 5.95. The van der Waals surface area contributed by atoms with Gasteiger partial charge in [-0.1, -0.05) is 19.8 Å². The average Bonchev–Trinajstić information content (AvgIpc) is 3.09. The van der Waals surface area contributed by atoms with E-state index in [9.17, 15) is 0 Å². The standard InChI is InChI=1S/C16H21N5O2/c1-4-6-7-11-8-23-15(10(11)3)21-9-18-12-13(21)19-16(17)20-14(12)22-5-2/h9-11,15H,4-5,8H2,1-3H3,(H2,17,19,20). The third kappa shape index (κ3) is 2.82. The van der Waals surface area contributed by atoms with Crippen molar-refractivity contribution in [3.05, 3.63) is 6.33 Å². The Labute approximate surface area is 135 Å².